The highest BCUT2D eigenvalue weighted by molar-refractivity contribution is 5.80. The van der Waals surface area contributed by atoms with Crippen molar-refractivity contribution in [2.24, 2.45) is 4.99 Å². The van der Waals surface area contributed by atoms with Gasteiger partial charge in [0, 0.05) is 32.2 Å². The molecular weight excluding hydrogens is 384 g/mol. The molecule has 1 heterocycles. The summed E-state index contributed by atoms with van der Waals surface area (Å²) >= 11 is 0. The second-order valence-corrected chi connectivity index (χ2v) is 7.45. The van der Waals surface area contributed by atoms with Gasteiger partial charge < -0.3 is 10.6 Å². The standard InChI is InChI=1S/C23H27F2N5/c1-2-27-23(28-15-18-5-3-17(14-26)4-6-18)29-20-9-11-30(12-10-20)16-19-7-8-21(24)22(25)13-19/h3-8,13,20H,2,9-12,15-16H2,1H3,(H2,27,28,29). The van der Waals surface area contributed by atoms with Crippen molar-refractivity contribution < 1.29 is 8.78 Å². The van der Waals surface area contributed by atoms with Gasteiger partial charge in [0.1, 0.15) is 0 Å². The second kappa shape index (κ2) is 10.7. The Kier molecular flexibility index (Phi) is 7.75. The van der Waals surface area contributed by atoms with Crippen LogP contribution < -0.4 is 10.6 Å². The van der Waals surface area contributed by atoms with Crippen molar-refractivity contribution in [3.8, 4) is 6.07 Å². The van der Waals surface area contributed by atoms with Gasteiger partial charge in [0.2, 0.25) is 0 Å². The van der Waals surface area contributed by atoms with E-state index in [1.807, 2.05) is 19.1 Å². The number of hydrogen-bond acceptors (Lipinski definition) is 3. The molecule has 3 rings (SSSR count). The van der Waals surface area contributed by atoms with Gasteiger partial charge in [-0.15, -0.1) is 0 Å². The molecule has 2 N–H and O–H groups in total. The van der Waals surface area contributed by atoms with E-state index in [1.54, 1.807) is 18.2 Å². The van der Waals surface area contributed by atoms with Crippen LogP contribution in [0.15, 0.2) is 47.5 Å². The van der Waals surface area contributed by atoms with Crippen LogP contribution in [0.3, 0.4) is 0 Å². The number of nitrogens with one attached hydrogen (secondary N) is 2. The number of hydrogen-bond donors (Lipinski definition) is 2. The molecule has 0 amide bonds. The van der Waals surface area contributed by atoms with Gasteiger partial charge in [-0.1, -0.05) is 18.2 Å². The first-order valence-corrected chi connectivity index (χ1v) is 10.3. The number of guanidine groups is 1. The van der Waals surface area contributed by atoms with Crippen LogP contribution in [-0.4, -0.2) is 36.5 Å². The molecule has 1 fully saturated rings. The summed E-state index contributed by atoms with van der Waals surface area (Å²) in [5, 5.41) is 15.7. The summed E-state index contributed by atoms with van der Waals surface area (Å²) in [5.41, 5.74) is 2.48. The van der Waals surface area contributed by atoms with E-state index in [-0.39, 0.29) is 0 Å². The highest BCUT2D eigenvalue weighted by Gasteiger charge is 2.20. The number of halogens is 2. The molecule has 0 unspecified atom stereocenters. The molecule has 0 aliphatic carbocycles. The van der Waals surface area contributed by atoms with Gasteiger partial charge in [0.25, 0.3) is 0 Å². The summed E-state index contributed by atoms with van der Waals surface area (Å²) in [7, 11) is 0. The normalized spacial score (nSPS) is 15.6. The van der Waals surface area contributed by atoms with Gasteiger partial charge >= 0.3 is 0 Å². The van der Waals surface area contributed by atoms with E-state index in [4.69, 9.17) is 5.26 Å². The maximum absolute atomic E-state index is 13.4. The Morgan fingerprint density at radius 1 is 1.10 bits per heavy atom. The molecule has 158 valence electrons. The van der Waals surface area contributed by atoms with E-state index in [0.717, 1.165) is 49.6 Å². The van der Waals surface area contributed by atoms with Gasteiger partial charge in [-0.3, -0.25) is 4.90 Å². The van der Waals surface area contributed by atoms with Crippen LogP contribution in [0.2, 0.25) is 0 Å². The van der Waals surface area contributed by atoms with Crippen molar-refractivity contribution >= 4 is 5.96 Å². The monoisotopic (exact) mass is 411 g/mol. The van der Waals surface area contributed by atoms with E-state index < -0.39 is 11.6 Å². The van der Waals surface area contributed by atoms with Gasteiger partial charge in [0.05, 0.1) is 18.2 Å². The van der Waals surface area contributed by atoms with E-state index in [0.29, 0.717) is 24.7 Å². The number of aliphatic imine (C=N–C) groups is 1. The number of nitriles is 1. The largest absolute Gasteiger partial charge is 0.357 e. The molecule has 0 atom stereocenters. The smallest absolute Gasteiger partial charge is 0.191 e. The molecule has 2 aromatic rings. The molecule has 1 saturated heterocycles. The Balaban J connectivity index is 1.50. The predicted molar refractivity (Wildman–Crippen MR) is 114 cm³/mol. The average Bonchev–Trinajstić information content (AvgIpc) is 2.76. The van der Waals surface area contributed by atoms with E-state index in [2.05, 4.69) is 26.6 Å². The molecule has 1 aliphatic rings. The molecule has 0 bridgehead atoms. The number of likely N-dealkylation sites (tertiary alicyclic amines) is 1. The van der Waals surface area contributed by atoms with E-state index >= 15 is 0 Å². The Morgan fingerprint density at radius 3 is 2.43 bits per heavy atom. The molecule has 2 aromatic carbocycles. The molecule has 0 spiro atoms. The van der Waals surface area contributed by atoms with Crippen molar-refractivity contribution in [3.63, 3.8) is 0 Å². The van der Waals surface area contributed by atoms with Crippen LogP contribution in [0, 0.1) is 23.0 Å². The fourth-order valence-electron chi connectivity index (χ4n) is 3.50. The second-order valence-electron chi connectivity index (χ2n) is 7.45. The highest BCUT2D eigenvalue weighted by Crippen LogP contribution is 2.16. The molecule has 1 aliphatic heterocycles. The first-order valence-electron chi connectivity index (χ1n) is 10.3. The van der Waals surface area contributed by atoms with Crippen molar-refractivity contribution in [1.82, 2.24) is 15.5 Å². The SMILES string of the molecule is CCNC(=NCc1ccc(C#N)cc1)NC1CCN(Cc2ccc(F)c(F)c2)CC1. The molecule has 5 nitrogen and oxygen atoms in total. The number of piperidine rings is 1. The third-order valence-electron chi connectivity index (χ3n) is 5.17. The van der Waals surface area contributed by atoms with Crippen LogP contribution >= 0.6 is 0 Å². The quantitative estimate of drug-likeness (QED) is 0.564. The fourth-order valence-corrected chi connectivity index (χ4v) is 3.50. The molecular formula is C23H27F2N5. The average molecular weight is 412 g/mol. The Hall–Kier alpha value is -2.98. The first kappa shape index (κ1) is 21.7. The molecule has 0 aromatic heterocycles. The lowest BCUT2D eigenvalue weighted by molar-refractivity contribution is 0.198. The summed E-state index contributed by atoms with van der Waals surface area (Å²) in [6.45, 7) is 5.72. The fraction of sp³-hybridized carbons (Fsp3) is 0.391. The van der Waals surface area contributed by atoms with Crippen LogP contribution in [0.25, 0.3) is 0 Å². The summed E-state index contributed by atoms with van der Waals surface area (Å²) in [5.74, 6) is -0.823. The van der Waals surface area contributed by atoms with Crippen LogP contribution in [0.1, 0.15) is 36.5 Å². The Morgan fingerprint density at radius 2 is 1.80 bits per heavy atom. The van der Waals surface area contributed by atoms with E-state index in [9.17, 15) is 8.78 Å². The number of benzene rings is 2. The van der Waals surface area contributed by atoms with Crippen molar-refractivity contribution in [3.05, 3.63) is 70.8 Å². The Labute approximate surface area is 176 Å². The summed E-state index contributed by atoms with van der Waals surface area (Å²) < 4.78 is 26.5. The first-order chi connectivity index (χ1) is 14.6. The minimum Gasteiger partial charge on any atom is -0.357 e. The lowest BCUT2D eigenvalue weighted by atomic mass is 10.0. The molecule has 0 saturated carbocycles. The van der Waals surface area contributed by atoms with Gasteiger partial charge in [0.15, 0.2) is 17.6 Å². The van der Waals surface area contributed by atoms with Crippen molar-refractivity contribution in [2.75, 3.05) is 19.6 Å². The minimum absolute atomic E-state index is 0.310. The molecule has 7 heteroatoms. The maximum Gasteiger partial charge on any atom is 0.191 e. The zero-order chi connectivity index (χ0) is 21.3. The third kappa shape index (κ3) is 6.26. The zero-order valence-electron chi connectivity index (χ0n) is 17.2. The lowest BCUT2D eigenvalue weighted by Gasteiger charge is -2.33. The topological polar surface area (TPSA) is 63.5 Å². The number of nitrogens with zero attached hydrogens (tertiary/aromatic N) is 3. The molecule has 0 radical (unpaired) electrons. The summed E-state index contributed by atoms with van der Waals surface area (Å²) in [4.78, 5) is 6.91. The minimum atomic E-state index is -0.807. The van der Waals surface area contributed by atoms with Crippen LogP contribution in [0.4, 0.5) is 8.78 Å². The maximum atomic E-state index is 13.4. The van der Waals surface area contributed by atoms with Gasteiger partial charge in [-0.2, -0.15) is 5.26 Å². The predicted octanol–water partition coefficient (Wildman–Crippen LogP) is 3.56. The van der Waals surface area contributed by atoms with E-state index in [1.165, 1.54) is 12.1 Å². The highest BCUT2D eigenvalue weighted by atomic mass is 19.2. The lowest BCUT2D eigenvalue weighted by Crippen LogP contribution is -2.48. The van der Waals surface area contributed by atoms with Crippen molar-refractivity contribution in [1.29, 1.82) is 5.26 Å². The number of rotatable bonds is 6. The summed E-state index contributed by atoms with van der Waals surface area (Å²) in [6.07, 6.45) is 1.90. The van der Waals surface area contributed by atoms with Crippen molar-refractivity contribution in [2.45, 2.75) is 38.9 Å². The zero-order valence-corrected chi connectivity index (χ0v) is 17.2. The van der Waals surface area contributed by atoms with Gasteiger partial charge in [-0.05, 0) is 55.2 Å². The Bertz CT molecular complexity index is 897. The van der Waals surface area contributed by atoms with Gasteiger partial charge in [-0.25, -0.2) is 13.8 Å². The molecule has 30 heavy (non-hydrogen) atoms. The third-order valence-corrected chi connectivity index (χ3v) is 5.17. The van der Waals surface area contributed by atoms with Crippen LogP contribution in [0.5, 0.6) is 0 Å². The summed E-state index contributed by atoms with van der Waals surface area (Å²) in [6, 6.07) is 14.0. The van der Waals surface area contributed by atoms with Crippen LogP contribution in [-0.2, 0) is 13.1 Å².